The van der Waals surface area contributed by atoms with Crippen LogP contribution in [0, 0.1) is 5.41 Å². The molecule has 17 nitrogen and oxygen atoms in total. The molecule has 3 aromatic heterocycles. The Morgan fingerprint density at radius 3 is 1.80 bits per heavy atom. The summed E-state index contributed by atoms with van der Waals surface area (Å²) >= 11 is 5.43. The van der Waals surface area contributed by atoms with Crippen molar-refractivity contribution in [3.8, 4) is 11.5 Å². The molecule has 1 spiro atoms. The van der Waals surface area contributed by atoms with Crippen LogP contribution in [-0.4, -0.2) is 95.8 Å². The summed E-state index contributed by atoms with van der Waals surface area (Å²) in [5, 5.41) is 43.0. The van der Waals surface area contributed by atoms with Gasteiger partial charge in [-0.05, 0) is 131 Å². The molecule has 0 radical (unpaired) electrons. The van der Waals surface area contributed by atoms with Gasteiger partial charge in [-0.1, -0.05) is 148 Å². The van der Waals surface area contributed by atoms with Crippen molar-refractivity contribution in [2.45, 2.75) is 107 Å². The first-order valence-electron chi connectivity index (χ1n) is 32.5. The van der Waals surface area contributed by atoms with Gasteiger partial charge >= 0.3 is 17.9 Å². The number of anilines is 1. The Morgan fingerprint density at radius 1 is 0.606 bits per heavy atom. The molecule has 99 heavy (non-hydrogen) atoms. The summed E-state index contributed by atoms with van der Waals surface area (Å²) in [5.74, 6) is 1.29. The number of ether oxygens (including phenoxy) is 6. The van der Waals surface area contributed by atoms with Gasteiger partial charge < -0.3 is 53.5 Å². The van der Waals surface area contributed by atoms with Gasteiger partial charge in [-0.3, -0.25) is 0 Å². The van der Waals surface area contributed by atoms with Crippen LogP contribution in [0.3, 0.4) is 0 Å². The van der Waals surface area contributed by atoms with E-state index in [2.05, 4.69) is 27.6 Å². The Bertz CT molecular complexity index is 4460. The Hall–Kier alpha value is -8.39. The fourth-order valence-corrected chi connectivity index (χ4v) is 21.2. The highest BCUT2D eigenvalue weighted by atomic mass is 32.2. The Balaban J connectivity index is 0.669. The minimum Gasteiger partial charge on any atom is -0.611 e. The monoisotopic (exact) mass is 1440 g/mol. The second-order valence-corrected chi connectivity index (χ2v) is 32.1. The molecule has 1 saturated heterocycles. The minimum atomic E-state index is -1.58. The first-order chi connectivity index (χ1) is 48.3. The Morgan fingerprint density at radius 2 is 1.17 bits per heavy atom. The maximum Gasteiger partial charge on any atom is 0.349 e. The van der Waals surface area contributed by atoms with Gasteiger partial charge in [-0.2, -0.15) is 0 Å². The van der Waals surface area contributed by atoms with Crippen LogP contribution in [0.1, 0.15) is 146 Å². The van der Waals surface area contributed by atoms with Crippen LogP contribution < -0.4 is 14.4 Å². The second kappa shape index (κ2) is 31.4. The van der Waals surface area contributed by atoms with Crippen LogP contribution >= 0.6 is 57.5 Å². The van der Waals surface area contributed by atoms with Gasteiger partial charge in [0.2, 0.25) is 4.21 Å². The van der Waals surface area contributed by atoms with E-state index in [0.29, 0.717) is 105 Å². The van der Waals surface area contributed by atoms with Gasteiger partial charge in [0.15, 0.2) is 0 Å². The number of hydrogen-bond donors (Lipinski definition) is 3. The standard InChI is InChI=1S/C76H72N4O13S6/c1-46(93-72(83)69-60-40-80(55-24-28-57(89-3)29-25-55)41-63(79-86)66(60)75(98-69)99(87)45-51-12-8-5-9-13-51)52-20-18-50(19-21-52)44-95-74-65-59(38-76(39-62(65)78-85)31-34-90-35-32-76)68(97-74)70(81)91-33-30-47-14-16-49(17-15-47)43-94-73-64-58(67(96-73)71(82)92-42-48-10-6-4-7-11-48)36-54(37-61(64)77-84)53-22-26-56(88-2)27-23-53/h4-29,46,54,84-86H,30-45H2,1-3H3/b77-61+,78-62+,79-63+. The first-order valence-corrected chi connectivity index (χ1v) is 38.2. The molecule has 3 unspecified atom stereocenters. The molecule has 9 aromatic rings. The number of carbonyl (C=O) groups is 3. The van der Waals surface area contributed by atoms with Crippen molar-refractivity contribution in [2.75, 3.05) is 45.5 Å². The van der Waals surface area contributed by atoms with E-state index in [0.717, 1.165) is 105 Å². The molecule has 0 amide bonds. The van der Waals surface area contributed by atoms with Gasteiger partial charge in [0.05, 0.1) is 52.8 Å². The maximum absolute atomic E-state index is 14.5. The average Bonchev–Trinajstić information content (AvgIpc) is 1.65. The molecule has 23 heteroatoms. The lowest BCUT2D eigenvalue weighted by atomic mass is 9.67. The van der Waals surface area contributed by atoms with Crippen molar-refractivity contribution in [1.82, 2.24) is 0 Å². The molecule has 1 fully saturated rings. The van der Waals surface area contributed by atoms with E-state index in [1.165, 1.54) is 22.7 Å². The molecule has 0 saturated carbocycles. The van der Waals surface area contributed by atoms with Gasteiger partial charge in [-0.25, -0.2) is 14.4 Å². The molecule has 0 bridgehead atoms. The quantitative estimate of drug-likeness (QED) is 0.0135. The summed E-state index contributed by atoms with van der Waals surface area (Å²) in [4.78, 5) is 46.1. The SMILES string of the molecule is COc1ccc(C2C/C(=N\O)c3c(SCc4ccc(CCOC(=O)c5sc(SCc6ccc(C(C)OC(=O)c7sc([S+]([O-])Cc8ccccc8)c8c7CN(c7ccc(OC)cc7)C/C8=N\O)cc6)c6c5CC5(CCOCC5)C/C6=N\O)cc4)sc(C(=O)OCc4ccccc4)c3C2)cc1. The molecular weight excluding hydrogens is 1370 g/mol. The van der Waals surface area contributed by atoms with Crippen molar-refractivity contribution in [1.29, 1.82) is 0 Å². The highest BCUT2D eigenvalue weighted by Crippen LogP contribution is 2.51. The minimum absolute atomic E-state index is 0.0308. The van der Waals surface area contributed by atoms with E-state index < -0.39 is 35.2 Å². The predicted octanol–water partition coefficient (Wildman–Crippen LogP) is 16.5. The highest BCUT2D eigenvalue weighted by Gasteiger charge is 2.44. The molecule has 13 rings (SSSR count). The van der Waals surface area contributed by atoms with Crippen molar-refractivity contribution >= 4 is 109 Å². The zero-order valence-corrected chi connectivity index (χ0v) is 59.5. The third-order valence-electron chi connectivity index (χ3n) is 18.6. The average molecular weight is 1440 g/mol. The number of oxime groups is 3. The summed E-state index contributed by atoms with van der Waals surface area (Å²) in [6, 6.07) is 50.4. The molecular formula is C76H72N4O13S6. The maximum atomic E-state index is 14.5. The highest BCUT2D eigenvalue weighted by molar-refractivity contribution is 8.00. The molecule has 4 aliphatic rings. The smallest absolute Gasteiger partial charge is 0.349 e. The van der Waals surface area contributed by atoms with Crippen molar-refractivity contribution < 1.29 is 63.0 Å². The van der Waals surface area contributed by atoms with Crippen molar-refractivity contribution in [3.63, 3.8) is 0 Å². The Kier molecular flexibility index (Phi) is 21.9. The van der Waals surface area contributed by atoms with E-state index in [-0.39, 0.29) is 48.3 Å². The second-order valence-electron chi connectivity index (χ2n) is 24.9. The number of hydrogen-bond acceptors (Lipinski definition) is 22. The normalized spacial score (nSPS) is 17.4. The largest absolute Gasteiger partial charge is 0.611 e. The molecule has 510 valence electrons. The lowest BCUT2D eigenvalue weighted by molar-refractivity contribution is 0.0166. The van der Waals surface area contributed by atoms with E-state index in [1.54, 1.807) is 37.7 Å². The van der Waals surface area contributed by atoms with E-state index in [1.807, 2.05) is 157 Å². The fourth-order valence-electron chi connectivity index (χ4n) is 13.3. The number of esters is 3. The van der Waals surface area contributed by atoms with Gasteiger partial charge in [-0.15, -0.1) is 46.2 Å². The van der Waals surface area contributed by atoms with E-state index in [9.17, 15) is 34.6 Å². The van der Waals surface area contributed by atoms with Crippen LogP contribution in [0.25, 0.3) is 0 Å². The van der Waals surface area contributed by atoms with Gasteiger partial charge in [0, 0.05) is 83.2 Å². The zero-order valence-electron chi connectivity index (χ0n) is 54.6. The van der Waals surface area contributed by atoms with Gasteiger partial charge in [0.1, 0.15) is 50.3 Å². The number of methoxy groups -OCH3 is 2. The third kappa shape index (κ3) is 15.5. The summed E-state index contributed by atoms with van der Waals surface area (Å²) < 4.78 is 51.2. The topological polar surface area (TPSA) is 231 Å². The number of thioether (sulfide) groups is 2. The third-order valence-corrected chi connectivity index (χ3v) is 26.8. The molecule has 3 N–H and O–H groups in total. The summed E-state index contributed by atoms with van der Waals surface area (Å²) in [6.45, 7) is 3.75. The number of fused-ring (bicyclic) bond motifs is 3. The number of rotatable bonds is 23. The van der Waals surface area contributed by atoms with E-state index >= 15 is 0 Å². The fraction of sp³-hybridized carbons (Fsp3) is 0.289. The molecule has 2 aliphatic carbocycles. The zero-order chi connectivity index (χ0) is 68.6. The van der Waals surface area contributed by atoms with Crippen LogP contribution in [0.15, 0.2) is 186 Å². The molecule has 2 aliphatic heterocycles. The summed E-state index contributed by atoms with van der Waals surface area (Å²) in [5.41, 5.74) is 12.9. The lowest BCUT2D eigenvalue weighted by Crippen LogP contribution is -2.38. The summed E-state index contributed by atoms with van der Waals surface area (Å²) in [6.07, 6.45) is 3.59. The lowest BCUT2D eigenvalue weighted by Gasteiger charge is -2.40. The van der Waals surface area contributed by atoms with E-state index in [4.69, 9.17) is 28.4 Å². The van der Waals surface area contributed by atoms with Crippen molar-refractivity contribution in [3.05, 3.63) is 245 Å². The van der Waals surface area contributed by atoms with Crippen molar-refractivity contribution in [2.24, 2.45) is 20.9 Å². The first kappa shape index (κ1) is 69.1. The molecule has 6 aromatic carbocycles. The Labute approximate surface area is 597 Å². The number of benzene rings is 6. The number of nitrogens with zero attached hydrogens (tertiary/aromatic N) is 4. The number of carbonyl (C=O) groups excluding carboxylic acids is 3. The van der Waals surface area contributed by atoms with Crippen LogP contribution in [0.4, 0.5) is 5.69 Å². The number of thiophene rings is 3. The van der Waals surface area contributed by atoms with Crippen LogP contribution in [0.2, 0.25) is 0 Å². The molecule has 5 heterocycles. The predicted molar refractivity (Wildman–Crippen MR) is 389 cm³/mol. The van der Waals surface area contributed by atoms with Gasteiger partial charge in [0.25, 0.3) is 0 Å². The molecule has 3 atom stereocenters. The van der Waals surface area contributed by atoms with Crippen LogP contribution in [0.5, 0.6) is 11.5 Å². The summed E-state index contributed by atoms with van der Waals surface area (Å²) in [7, 11) is 3.22. The van der Waals surface area contributed by atoms with Crippen LogP contribution in [-0.2, 0) is 79.8 Å².